The third-order valence-electron chi connectivity index (χ3n) is 5.21. The summed E-state index contributed by atoms with van der Waals surface area (Å²) in [6, 6.07) is 5.54. The average Bonchev–Trinajstić information content (AvgIpc) is 2.80. The number of amides is 3. The van der Waals surface area contributed by atoms with Gasteiger partial charge in [-0.25, -0.2) is 4.79 Å². The summed E-state index contributed by atoms with van der Waals surface area (Å²) in [5, 5.41) is 13.6. The highest BCUT2D eigenvalue weighted by Gasteiger charge is 2.52. The number of rotatable bonds is 4. The van der Waals surface area contributed by atoms with Crippen molar-refractivity contribution in [2.24, 2.45) is 5.92 Å². The zero-order chi connectivity index (χ0) is 17.3. The summed E-state index contributed by atoms with van der Waals surface area (Å²) < 4.78 is 0. The molecule has 128 valence electrons. The maximum absolute atomic E-state index is 12.9. The van der Waals surface area contributed by atoms with E-state index in [9.17, 15) is 19.7 Å². The first-order valence-corrected chi connectivity index (χ1v) is 8.29. The van der Waals surface area contributed by atoms with Crippen LogP contribution in [0.3, 0.4) is 0 Å². The van der Waals surface area contributed by atoms with Crippen LogP contribution in [0.25, 0.3) is 0 Å². The van der Waals surface area contributed by atoms with Crippen molar-refractivity contribution in [3.8, 4) is 0 Å². The smallest absolute Gasteiger partial charge is 0.323 e. The van der Waals surface area contributed by atoms with Crippen LogP contribution in [0.5, 0.6) is 0 Å². The molecule has 24 heavy (non-hydrogen) atoms. The predicted octanol–water partition coefficient (Wildman–Crippen LogP) is 2.99. The summed E-state index contributed by atoms with van der Waals surface area (Å²) >= 11 is 0. The second-order valence-electron chi connectivity index (χ2n) is 6.78. The third kappa shape index (κ3) is 2.86. The fourth-order valence-corrected chi connectivity index (χ4v) is 3.72. The minimum atomic E-state index is -0.835. The van der Waals surface area contributed by atoms with Gasteiger partial charge in [-0.15, -0.1) is 0 Å². The average molecular weight is 331 g/mol. The molecule has 7 nitrogen and oxygen atoms in total. The molecule has 0 bridgehead atoms. The zero-order valence-electron chi connectivity index (χ0n) is 13.7. The summed E-state index contributed by atoms with van der Waals surface area (Å²) in [6.45, 7) is 1.95. The van der Waals surface area contributed by atoms with Gasteiger partial charge in [-0.2, -0.15) is 0 Å². The third-order valence-corrected chi connectivity index (χ3v) is 5.21. The van der Waals surface area contributed by atoms with Crippen LogP contribution in [0.2, 0.25) is 0 Å². The highest BCUT2D eigenvalue weighted by molar-refractivity contribution is 6.06. The monoisotopic (exact) mass is 331 g/mol. The lowest BCUT2D eigenvalue weighted by atomic mass is 9.75. The molecule has 3 rings (SSSR count). The lowest BCUT2D eigenvalue weighted by Crippen LogP contribution is -2.51. The van der Waals surface area contributed by atoms with E-state index in [0.717, 1.165) is 25.7 Å². The van der Waals surface area contributed by atoms with Gasteiger partial charge in [-0.05, 0) is 31.2 Å². The molecule has 2 fully saturated rings. The van der Waals surface area contributed by atoms with Crippen LogP contribution < -0.4 is 5.32 Å². The van der Waals surface area contributed by atoms with Crippen LogP contribution in [-0.4, -0.2) is 27.3 Å². The van der Waals surface area contributed by atoms with E-state index in [4.69, 9.17) is 0 Å². The molecule has 1 aliphatic heterocycles. The quantitative estimate of drug-likeness (QED) is 0.521. The molecule has 1 saturated heterocycles. The van der Waals surface area contributed by atoms with E-state index >= 15 is 0 Å². The number of imide groups is 1. The van der Waals surface area contributed by atoms with Gasteiger partial charge in [0, 0.05) is 12.1 Å². The van der Waals surface area contributed by atoms with Gasteiger partial charge in [0.25, 0.3) is 11.6 Å². The minimum Gasteiger partial charge on any atom is -0.323 e. The van der Waals surface area contributed by atoms with Crippen LogP contribution in [0.1, 0.15) is 44.6 Å². The number of carbonyl (C=O) groups excluding carboxylic acids is 2. The number of nitro benzene ring substituents is 1. The summed E-state index contributed by atoms with van der Waals surface area (Å²) in [5.41, 5.74) is -0.154. The summed E-state index contributed by atoms with van der Waals surface area (Å²) in [5.74, 6) is -0.0256. The highest BCUT2D eigenvalue weighted by atomic mass is 16.6. The maximum Gasteiger partial charge on any atom is 0.325 e. The topological polar surface area (TPSA) is 92.6 Å². The van der Waals surface area contributed by atoms with E-state index in [-0.39, 0.29) is 30.1 Å². The van der Waals surface area contributed by atoms with E-state index in [1.54, 1.807) is 12.1 Å². The normalized spacial score (nSPS) is 25.0. The number of nitrogens with zero attached hydrogens (tertiary/aromatic N) is 2. The highest BCUT2D eigenvalue weighted by Crippen LogP contribution is 2.36. The van der Waals surface area contributed by atoms with Crippen LogP contribution >= 0.6 is 0 Å². The van der Waals surface area contributed by atoms with Crippen molar-refractivity contribution >= 4 is 17.6 Å². The Morgan fingerprint density at radius 1 is 1.21 bits per heavy atom. The Hall–Kier alpha value is -2.44. The lowest BCUT2D eigenvalue weighted by Gasteiger charge is -2.34. The molecule has 1 saturated carbocycles. The second kappa shape index (κ2) is 6.22. The maximum atomic E-state index is 12.9. The van der Waals surface area contributed by atoms with Crippen molar-refractivity contribution in [2.45, 2.75) is 51.1 Å². The number of carbonyl (C=O) groups is 2. The fourth-order valence-electron chi connectivity index (χ4n) is 3.72. The molecule has 7 heteroatoms. The molecule has 2 aliphatic rings. The molecule has 1 N–H and O–H groups in total. The van der Waals surface area contributed by atoms with E-state index < -0.39 is 10.5 Å². The molecule has 1 aromatic rings. The molecule has 1 heterocycles. The first-order valence-electron chi connectivity index (χ1n) is 8.29. The summed E-state index contributed by atoms with van der Waals surface area (Å²) in [6.07, 6.45) is 5.26. The van der Waals surface area contributed by atoms with Gasteiger partial charge in [0.05, 0.1) is 11.5 Å². The van der Waals surface area contributed by atoms with Crippen LogP contribution in [0, 0.1) is 16.0 Å². The zero-order valence-corrected chi connectivity index (χ0v) is 13.7. The summed E-state index contributed by atoms with van der Waals surface area (Å²) in [4.78, 5) is 36.6. The molecule has 1 atom stereocenters. The van der Waals surface area contributed by atoms with E-state index in [1.807, 2.05) is 6.92 Å². The number of non-ortho nitro benzene ring substituents is 1. The van der Waals surface area contributed by atoms with E-state index in [0.29, 0.717) is 5.56 Å². The number of hydrogen-bond donors (Lipinski definition) is 1. The van der Waals surface area contributed by atoms with Crippen LogP contribution in [0.4, 0.5) is 10.5 Å². The Kier molecular flexibility index (Phi) is 4.26. The Bertz CT molecular complexity index is 667. The second-order valence-corrected chi connectivity index (χ2v) is 6.78. The Balaban J connectivity index is 1.75. The number of urea groups is 1. The minimum absolute atomic E-state index is 0.0111. The molecule has 0 aromatic heterocycles. The number of nitrogens with one attached hydrogen (secondary N) is 1. The number of benzene rings is 1. The van der Waals surface area contributed by atoms with Crippen molar-refractivity contribution in [1.29, 1.82) is 0 Å². The van der Waals surface area contributed by atoms with Gasteiger partial charge in [0.15, 0.2) is 0 Å². The fraction of sp³-hybridized carbons (Fsp3) is 0.529. The first kappa shape index (κ1) is 16.4. The molecule has 3 amide bonds. The number of nitro groups is 1. The van der Waals surface area contributed by atoms with Crippen molar-refractivity contribution < 1.29 is 14.5 Å². The van der Waals surface area contributed by atoms with E-state index in [2.05, 4.69) is 5.32 Å². The van der Waals surface area contributed by atoms with Crippen molar-refractivity contribution in [1.82, 2.24) is 10.2 Å². The Morgan fingerprint density at radius 2 is 1.83 bits per heavy atom. The molecule has 0 spiro atoms. The van der Waals surface area contributed by atoms with Crippen molar-refractivity contribution in [3.05, 3.63) is 39.9 Å². The molecule has 1 aliphatic carbocycles. The van der Waals surface area contributed by atoms with E-state index in [1.165, 1.54) is 23.5 Å². The Morgan fingerprint density at radius 3 is 2.42 bits per heavy atom. The van der Waals surface area contributed by atoms with Gasteiger partial charge < -0.3 is 5.32 Å². The van der Waals surface area contributed by atoms with Crippen molar-refractivity contribution in [2.75, 3.05) is 0 Å². The largest absolute Gasteiger partial charge is 0.325 e. The SMILES string of the molecule is C[C@@]1(C2CCCCC2)NC(=O)N(Cc2ccc([N+](=O)[O-])cc2)C1=O. The van der Waals surface area contributed by atoms with Gasteiger partial charge in [0.2, 0.25) is 0 Å². The predicted molar refractivity (Wildman–Crippen MR) is 87.2 cm³/mol. The molecular weight excluding hydrogens is 310 g/mol. The van der Waals surface area contributed by atoms with Crippen molar-refractivity contribution in [3.63, 3.8) is 0 Å². The van der Waals surface area contributed by atoms with Gasteiger partial charge in [-0.1, -0.05) is 31.4 Å². The molecule has 1 aromatic carbocycles. The van der Waals surface area contributed by atoms with Gasteiger partial charge in [-0.3, -0.25) is 19.8 Å². The first-order chi connectivity index (χ1) is 11.4. The van der Waals surface area contributed by atoms with Crippen LogP contribution in [0.15, 0.2) is 24.3 Å². The van der Waals surface area contributed by atoms with Gasteiger partial charge in [0.1, 0.15) is 5.54 Å². The molecule has 0 radical (unpaired) electrons. The summed E-state index contributed by atoms with van der Waals surface area (Å²) in [7, 11) is 0. The molecular formula is C17H21N3O4. The Labute approximate surface area is 140 Å². The molecule has 0 unspecified atom stereocenters. The standard InChI is InChI=1S/C17H21N3O4/c1-17(13-5-3-2-4-6-13)15(21)19(16(22)18-17)11-12-7-9-14(10-8-12)20(23)24/h7-10,13H,2-6,11H2,1H3,(H,18,22)/t17-/m0/s1. The number of hydrogen-bond acceptors (Lipinski definition) is 4. The van der Waals surface area contributed by atoms with Gasteiger partial charge >= 0.3 is 6.03 Å². The lowest BCUT2D eigenvalue weighted by molar-refractivity contribution is -0.384. The van der Waals surface area contributed by atoms with Crippen LogP contribution in [-0.2, 0) is 11.3 Å².